The van der Waals surface area contributed by atoms with Gasteiger partial charge in [-0.05, 0) is 49.2 Å². The second-order valence-corrected chi connectivity index (χ2v) is 9.30. The lowest BCUT2D eigenvalue weighted by Gasteiger charge is -2.26. The highest BCUT2D eigenvalue weighted by molar-refractivity contribution is 5.94. The summed E-state index contributed by atoms with van der Waals surface area (Å²) in [6.45, 7) is 7.36. The number of hydrogen-bond acceptors (Lipinski definition) is 7. The zero-order valence-corrected chi connectivity index (χ0v) is 21.5. The molecular weight excluding hydrogens is 480 g/mol. The Morgan fingerprint density at radius 2 is 1.71 bits per heavy atom. The molecule has 1 aliphatic heterocycles. The number of carbonyl (C=O) groups excluding carboxylic acids is 1. The van der Waals surface area contributed by atoms with Crippen molar-refractivity contribution in [2.24, 2.45) is 0 Å². The summed E-state index contributed by atoms with van der Waals surface area (Å²) >= 11 is 0. The lowest BCUT2D eigenvalue weighted by atomic mass is 10.1. The fourth-order valence-electron chi connectivity index (χ4n) is 4.57. The molecule has 0 aliphatic carbocycles. The van der Waals surface area contributed by atoms with Crippen molar-refractivity contribution in [2.75, 3.05) is 51.3 Å². The van der Waals surface area contributed by atoms with Crippen LogP contribution in [0.2, 0.25) is 0 Å². The Morgan fingerprint density at radius 1 is 0.947 bits per heavy atom. The van der Waals surface area contributed by atoms with Gasteiger partial charge in [0.15, 0.2) is 5.65 Å². The number of nitrogens with one attached hydrogen (secondary N) is 2. The molecule has 4 aromatic rings. The fourth-order valence-corrected chi connectivity index (χ4v) is 4.57. The van der Waals surface area contributed by atoms with E-state index >= 15 is 0 Å². The summed E-state index contributed by atoms with van der Waals surface area (Å²) in [5.41, 5.74) is 3.46. The van der Waals surface area contributed by atoms with Crippen molar-refractivity contribution in [3.63, 3.8) is 0 Å². The lowest BCUT2D eigenvalue weighted by Crippen LogP contribution is -2.39. The fraction of sp³-hybridized carbons (Fsp3) is 0.310. The van der Waals surface area contributed by atoms with E-state index in [1.807, 2.05) is 37.3 Å². The van der Waals surface area contributed by atoms with Crippen LogP contribution in [0.4, 0.5) is 5.95 Å². The molecule has 0 atom stereocenters. The van der Waals surface area contributed by atoms with Gasteiger partial charge in [0.05, 0.1) is 24.6 Å². The standard InChI is InChI=1S/C29H32N6O3/c1-21-25-11-12-26(36)35(27(25)33-29(32-21)31-15-16-34-17-19-38-20-18-34)24-9-7-23(8-10-24)28(37)30-14-13-22-5-3-2-4-6-22/h2-12H,13-20H2,1H3,(H,30,37)(H,31,32,33). The van der Waals surface area contributed by atoms with Crippen LogP contribution in [0.15, 0.2) is 71.5 Å². The number of rotatable bonds is 9. The van der Waals surface area contributed by atoms with Crippen molar-refractivity contribution in [2.45, 2.75) is 13.3 Å². The number of morpholine rings is 1. The smallest absolute Gasteiger partial charge is 0.256 e. The van der Waals surface area contributed by atoms with Crippen LogP contribution >= 0.6 is 0 Å². The number of benzene rings is 2. The molecule has 2 aromatic carbocycles. The molecule has 1 aliphatic rings. The van der Waals surface area contributed by atoms with Gasteiger partial charge in [-0.25, -0.2) is 4.98 Å². The average Bonchev–Trinajstić information content (AvgIpc) is 2.94. The van der Waals surface area contributed by atoms with E-state index in [0.29, 0.717) is 35.9 Å². The zero-order chi connectivity index (χ0) is 26.3. The van der Waals surface area contributed by atoms with Crippen LogP contribution in [0.1, 0.15) is 21.6 Å². The first-order valence-electron chi connectivity index (χ1n) is 13.0. The summed E-state index contributed by atoms with van der Waals surface area (Å²) in [6.07, 6.45) is 0.762. The van der Waals surface area contributed by atoms with Crippen LogP contribution in [-0.4, -0.2) is 71.3 Å². The van der Waals surface area contributed by atoms with Crippen LogP contribution in [0, 0.1) is 6.92 Å². The van der Waals surface area contributed by atoms with Crippen LogP contribution < -0.4 is 16.2 Å². The van der Waals surface area contributed by atoms with Crippen LogP contribution in [0.25, 0.3) is 16.7 Å². The van der Waals surface area contributed by atoms with Crippen molar-refractivity contribution in [1.29, 1.82) is 0 Å². The number of anilines is 1. The molecule has 9 heteroatoms. The van der Waals surface area contributed by atoms with E-state index in [9.17, 15) is 9.59 Å². The number of hydrogen-bond donors (Lipinski definition) is 2. The average molecular weight is 513 g/mol. The van der Waals surface area contributed by atoms with E-state index in [1.54, 1.807) is 34.9 Å². The summed E-state index contributed by atoms with van der Waals surface area (Å²) in [7, 11) is 0. The summed E-state index contributed by atoms with van der Waals surface area (Å²) in [4.78, 5) is 37.2. The van der Waals surface area contributed by atoms with E-state index < -0.39 is 0 Å². The molecule has 5 rings (SSSR count). The van der Waals surface area contributed by atoms with E-state index in [0.717, 1.165) is 50.3 Å². The monoisotopic (exact) mass is 512 g/mol. The summed E-state index contributed by atoms with van der Waals surface area (Å²) in [5.74, 6) is 0.333. The molecule has 196 valence electrons. The number of nitrogens with zero attached hydrogens (tertiary/aromatic N) is 4. The normalized spacial score (nSPS) is 13.9. The van der Waals surface area contributed by atoms with Gasteiger partial charge in [0.1, 0.15) is 0 Å². The maximum Gasteiger partial charge on any atom is 0.256 e. The van der Waals surface area contributed by atoms with Crippen molar-refractivity contribution < 1.29 is 9.53 Å². The lowest BCUT2D eigenvalue weighted by molar-refractivity contribution is 0.0398. The molecule has 1 amide bonds. The first-order chi connectivity index (χ1) is 18.6. The zero-order valence-electron chi connectivity index (χ0n) is 21.5. The molecule has 2 aromatic heterocycles. The van der Waals surface area contributed by atoms with Gasteiger partial charge in [-0.2, -0.15) is 4.98 Å². The minimum atomic E-state index is -0.199. The Labute approximate surface area is 221 Å². The highest BCUT2D eigenvalue weighted by atomic mass is 16.5. The number of aryl methyl sites for hydroxylation is 1. The maximum atomic E-state index is 13.0. The highest BCUT2D eigenvalue weighted by Crippen LogP contribution is 2.19. The molecule has 0 spiro atoms. The molecule has 0 saturated carbocycles. The number of pyridine rings is 1. The Morgan fingerprint density at radius 3 is 2.47 bits per heavy atom. The summed E-state index contributed by atoms with van der Waals surface area (Å²) < 4.78 is 6.97. The molecule has 1 fully saturated rings. The van der Waals surface area contributed by atoms with Gasteiger partial charge in [-0.15, -0.1) is 0 Å². The number of carbonyl (C=O) groups is 1. The second-order valence-electron chi connectivity index (χ2n) is 9.30. The second kappa shape index (κ2) is 12.0. The van der Waals surface area contributed by atoms with Gasteiger partial charge in [0.2, 0.25) is 5.95 Å². The molecule has 0 unspecified atom stereocenters. The molecule has 38 heavy (non-hydrogen) atoms. The SMILES string of the molecule is Cc1nc(NCCN2CCOCC2)nc2c1ccc(=O)n2-c1ccc(C(=O)NCCc2ccccc2)cc1. The first-order valence-corrected chi connectivity index (χ1v) is 13.0. The third kappa shape index (κ3) is 6.07. The van der Waals surface area contributed by atoms with Crippen LogP contribution in [-0.2, 0) is 11.2 Å². The van der Waals surface area contributed by atoms with Crippen LogP contribution in [0.3, 0.4) is 0 Å². The van der Waals surface area contributed by atoms with E-state index in [1.165, 1.54) is 11.6 Å². The molecule has 3 heterocycles. The molecule has 0 bridgehead atoms. The Kier molecular flexibility index (Phi) is 8.06. The Hall–Kier alpha value is -4.08. The first kappa shape index (κ1) is 25.6. The van der Waals surface area contributed by atoms with Crippen LogP contribution in [0.5, 0.6) is 0 Å². The minimum Gasteiger partial charge on any atom is -0.379 e. The van der Waals surface area contributed by atoms with Gasteiger partial charge in [0, 0.05) is 49.7 Å². The third-order valence-electron chi connectivity index (χ3n) is 6.69. The maximum absolute atomic E-state index is 13.0. The molecular formula is C29H32N6O3. The van der Waals surface area contributed by atoms with Gasteiger partial charge in [-0.3, -0.25) is 19.1 Å². The Balaban J connectivity index is 1.31. The van der Waals surface area contributed by atoms with Crippen molar-refractivity contribution in [3.8, 4) is 5.69 Å². The summed E-state index contributed by atoms with van der Waals surface area (Å²) in [6, 6.07) is 20.3. The quantitative estimate of drug-likeness (QED) is 0.356. The molecule has 0 radical (unpaired) electrons. The number of aromatic nitrogens is 3. The van der Waals surface area contributed by atoms with Crippen molar-refractivity contribution in [1.82, 2.24) is 24.8 Å². The van der Waals surface area contributed by atoms with Gasteiger partial charge < -0.3 is 15.4 Å². The predicted molar refractivity (Wildman–Crippen MR) is 148 cm³/mol. The van der Waals surface area contributed by atoms with Gasteiger partial charge in [0.25, 0.3) is 11.5 Å². The highest BCUT2D eigenvalue weighted by Gasteiger charge is 2.14. The van der Waals surface area contributed by atoms with Crippen molar-refractivity contribution >= 4 is 22.9 Å². The minimum absolute atomic E-state index is 0.150. The van der Waals surface area contributed by atoms with E-state index in [-0.39, 0.29) is 11.5 Å². The topological polar surface area (TPSA) is 101 Å². The third-order valence-corrected chi connectivity index (χ3v) is 6.69. The van der Waals surface area contributed by atoms with Gasteiger partial charge in [-0.1, -0.05) is 30.3 Å². The molecule has 1 saturated heterocycles. The van der Waals surface area contributed by atoms with E-state index in [2.05, 4.69) is 20.5 Å². The van der Waals surface area contributed by atoms with Gasteiger partial charge >= 0.3 is 0 Å². The molecule has 2 N–H and O–H groups in total. The number of amides is 1. The summed E-state index contributed by atoms with van der Waals surface area (Å²) in [5, 5.41) is 7.06. The van der Waals surface area contributed by atoms with E-state index in [4.69, 9.17) is 9.72 Å². The number of ether oxygens (including phenoxy) is 1. The largest absolute Gasteiger partial charge is 0.379 e. The molecule has 9 nitrogen and oxygen atoms in total. The Bertz CT molecular complexity index is 1450. The predicted octanol–water partition coefficient (Wildman–Crippen LogP) is 2.81. The number of fused-ring (bicyclic) bond motifs is 1. The van der Waals surface area contributed by atoms with Crippen molar-refractivity contribution in [3.05, 3.63) is 93.9 Å².